The Bertz CT molecular complexity index is 1330. The minimum Gasteiger partial charge on any atom is -0.455 e. The molecular weight excluding hydrogens is 478 g/mol. The number of hydrogen-bond donors (Lipinski definition) is 1. The van der Waals surface area contributed by atoms with Crippen molar-refractivity contribution in [3.8, 4) is 28.7 Å². The summed E-state index contributed by atoms with van der Waals surface area (Å²) in [6, 6.07) is 11.3. The number of anilines is 1. The molecule has 2 aliphatic heterocycles. The van der Waals surface area contributed by atoms with Gasteiger partial charge in [0, 0.05) is 28.9 Å². The molecule has 1 N–H and O–H groups in total. The van der Waals surface area contributed by atoms with Gasteiger partial charge in [-0.25, -0.2) is 4.79 Å². The molecule has 1 atom stereocenters. The second kappa shape index (κ2) is 10.2. The molecule has 186 valence electrons. The molecule has 0 radical (unpaired) electrons. The van der Waals surface area contributed by atoms with Gasteiger partial charge in [-0.2, -0.15) is 10.4 Å². The lowest BCUT2D eigenvalue weighted by atomic mass is 9.92. The minimum atomic E-state index is -0.405. The first-order valence-electron chi connectivity index (χ1n) is 12.2. The van der Waals surface area contributed by atoms with Crippen molar-refractivity contribution in [3.63, 3.8) is 0 Å². The van der Waals surface area contributed by atoms with Crippen molar-refractivity contribution in [1.82, 2.24) is 15.1 Å². The molecule has 0 spiro atoms. The molecule has 1 aromatic heterocycles. The summed E-state index contributed by atoms with van der Waals surface area (Å²) in [5, 5.41) is 17.6. The number of nitriles is 1. The van der Waals surface area contributed by atoms with Gasteiger partial charge in [0.05, 0.1) is 41.7 Å². The lowest BCUT2D eigenvalue weighted by molar-refractivity contribution is 0.175. The van der Waals surface area contributed by atoms with Crippen LogP contribution in [0.15, 0.2) is 42.7 Å². The third-order valence-corrected chi connectivity index (χ3v) is 7.28. The Morgan fingerprint density at radius 2 is 2.03 bits per heavy atom. The van der Waals surface area contributed by atoms with Crippen LogP contribution in [0.25, 0.3) is 11.1 Å². The fraction of sp³-hybridized carbons (Fsp3) is 0.370. The highest BCUT2D eigenvalue weighted by Gasteiger charge is 2.32. The number of rotatable bonds is 4. The third-order valence-electron chi connectivity index (χ3n) is 6.99. The zero-order valence-corrected chi connectivity index (χ0v) is 21.1. The summed E-state index contributed by atoms with van der Waals surface area (Å²) in [5.74, 6) is 1.07. The number of piperidine rings is 1. The van der Waals surface area contributed by atoms with E-state index in [-0.39, 0.29) is 6.04 Å². The Kier molecular flexibility index (Phi) is 6.86. The average Bonchev–Trinajstić information content (AvgIpc) is 3.40. The van der Waals surface area contributed by atoms with Crippen LogP contribution >= 0.6 is 11.6 Å². The molecule has 3 aromatic rings. The maximum Gasteiger partial charge on any atom is 0.414 e. The minimum absolute atomic E-state index is 0.00943. The maximum absolute atomic E-state index is 12.7. The molecule has 0 unspecified atom stereocenters. The second-order valence-corrected chi connectivity index (χ2v) is 9.62. The Morgan fingerprint density at radius 1 is 1.22 bits per heavy atom. The van der Waals surface area contributed by atoms with Gasteiger partial charge in [-0.1, -0.05) is 11.6 Å². The van der Waals surface area contributed by atoms with Gasteiger partial charge in [-0.3, -0.25) is 9.58 Å². The van der Waals surface area contributed by atoms with Gasteiger partial charge in [0.2, 0.25) is 0 Å². The molecule has 3 heterocycles. The summed E-state index contributed by atoms with van der Waals surface area (Å²) < 4.78 is 13.6. The number of nitrogens with zero attached hydrogens (tertiary/aromatic N) is 4. The number of fused-ring (bicyclic) bond motifs is 1. The van der Waals surface area contributed by atoms with Crippen LogP contribution in [0.1, 0.15) is 43.4 Å². The van der Waals surface area contributed by atoms with Crippen LogP contribution in [0.3, 0.4) is 0 Å². The zero-order chi connectivity index (χ0) is 25.2. The molecule has 0 saturated carbocycles. The number of carbonyl (C=O) groups excluding carboxylic acids is 1. The van der Waals surface area contributed by atoms with Gasteiger partial charge in [0.25, 0.3) is 0 Å². The lowest BCUT2D eigenvalue weighted by Gasteiger charge is -2.35. The van der Waals surface area contributed by atoms with E-state index >= 15 is 0 Å². The number of amides is 1. The number of halogens is 1. The van der Waals surface area contributed by atoms with Gasteiger partial charge < -0.3 is 14.8 Å². The number of carbonyl (C=O) groups is 1. The fourth-order valence-electron chi connectivity index (χ4n) is 5.04. The van der Waals surface area contributed by atoms with Crippen LogP contribution in [0.5, 0.6) is 11.5 Å². The van der Waals surface area contributed by atoms with Crippen molar-refractivity contribution in [2.45, 2.75) is 44.7 Å². The van der Waals surface area contributed by atoms with E-state index in [1.165, 1.54) is 7.11 Å². The second-order valence-electron chi connectivity index (χ2n) is 9.22. The lowest BCUT2D eigenvalue weighted by Crippen LogP contribution is -2.42. The first-order valence-corrected chi connectivity index (χ1v) is 12.5. The number of benzene rings is 2. The number of hydrogen-bond acceptors (Lipinski definition) is 6. The van der Waals surface area contributed by atoms with Crippen molar-refractivity contribution >= 4 is 23.4 Å². The van der Waals surface area contributed by atoms with E-state index in [0.717, 1.165) is 61.2 Å². The molecule has 1 saturated heterocycles. The van der Waals surface area contributed by atoms with Crippen LogP contribution in [-0.2, 0) is 11.2 Å². The molecule has 2 aliphatic rings. The topological polar surface area (TPSA) is 92.4 Å². The summed E-state index contributed by atoms with van der Waals surface area (Å²) in [6.07, 6.45) is 7.07. The van der Waals surface area contributed by atoms with E-state index in [1.54, 1.807) is 23.1 Å². The van der Waals surface area contributed by atoms with Crippen molar-refractivity contribution in [3.05, 3.63) is 58.9 Å². The number of aromatic nitrogens is 2. The van der Waals surface area contributed by atoms with E-state index in [2.05, 4.69) is 22.7 Å². The number of nitrogens with one attached hydrogen (secondary N) is 1. The normalized spacial score (nSPS) is 17.8. The van der Waals surface area contributed by atoms with Gasteiger partial charge in [-0.05, 0) is 76.0 Å². The molecule has 0 aliphatic carbocycles. The Labute approximate surface area is 215 Å². The SMILES string of the molecule is COC(=O)N1c2ccc(-c3cnn(C4CCNCC4)c3)c(Oc3ccc(C#N)cc3Cl)c2CC[C@@H]1C. The zero-order valence-electron chi connectivity index (χ0n) is 20.3. The molecule has 0 bridgehead atoms. The van der Waals surface area contributed by atoms with E-state index in [0.29, 0.717) is 28.1 Å². The molecule has 5 rings (SSSR count). The first-order chi connectivity index (χ1) is 17.5. The Hall–Kier alpha value is -3.54. The van der Waals surface area contributed by atoms with Crippen molar-refractivity contribution in [1.29, 1.82) is 5.26 Å². The van der Waals surface area contributed by atoms with E-state index < -0.39 is 6.09 Å². The monoisotopic (exact) mass is 505 g/mol. The smallest absolute Gasteiger partial charge is 0.414 e. The van der Waals surface area contributed by atoms with Crippen LogP contribution in [0.2, 0.25) is 5.02 Å². The molecule has 2 aromatic carbocycles. The largest absolute Gasteiger partial charge is 0.455 e. The quantitative estimate of drug-likeness (QED) is 0.489. The third kappa shape index (κ3) is 4.52. The van der Waals surface area contributed by atoms with Crippen LogP contribution in [0, 0.1) is 11.3 Å². The first kappa shape index (κ1) is 24.2. The highest BCUT2D eigenvalue weighted by molar-refractivity contribution is 6.32. The molecule has 9 heteroatoms. The molecular formula is C27H28ClN5O3. The summed E-state index contributed by atoms with van der Waals surface area (Å²) in [6.45, 7) is 3.96. The number of methoxy groups -OCH3 is 1. The summed E-state index contributed by atoms with van der Waals surface area (Å²) in [7, 11) is 1.39. The maximum atomic E-state index is 12.7. The van der Waals surface area contributed by atoms with Gasteiger partial charge >= 0.3 is 6.09 Å². The van der Waals surface area contributed by atoms with Gasteiger partial charge in [0.15, 0.2) is 0 Å². The standard InChI is InChI=1S/C27H28ClN5O3/c1-17-3-5-22-24(33(17)27(34)35-2)7-6-21(19-15-31-32(16-19)20-9-11-30-12-10-20)26(22)36-25-8-4-18(14-29)13-23(25)28/h4,6-8,13,15-17,20,30H,3,5,9-12H2,1-2H3/t17-/m0/s1. The van der Waals surface area contributed by atoms with E-state index in [4.69, 9.17) is 21.1 Å². The molecule has 36 heavy (non-hydrogen) atoms. The summed E-state index contributed by atoms with van der Waals surface area (Å²) in [5.41, 5.74) is 3.92. The predicted octanol–water partition coefficient (Wildman–Crippen LogP) is 5.70. The van der Waals surface area contributed by atoms with Crippen LogP contribution < -0.4 is 15.0 Å². The molecule has 1 amide bonds. The highest BCUT2D eigenvalue weighted by atomic mass is 35.5. The van der Waals surface area contributed by atoms with E-state index in [1.807, 2.05) is 29.9 Å². The van der Waals surface area contributed by atoms with Gasteiger partial charge in [-0.15, -0.1) is 0 Å². The Balaban J connectivity index is 1.62. The van der Waals surface area contributed by atoms with E-state index in [9.17, 15) is 10.1 Å². The van der Waals surface area contributed by atoms with Crippen LogP contribution in [-0.4, -0.2) is 42.1 Å². The predicted molar refractivity (Wildman–Crippen MR) is 138 cm³/mol. The van der Waals surface area contributed by atoms with Crippen molar-refractivity contribution in [2.75, 3.05) is 25.1 Å². The van der Waals surface area contributed by atoms with Gasteiger partial charge in [0.1, 0.15) is 11.5 Å². The van der Waals surface area contributed by atoms with Crippen molar-refractivity contribution < 1.29 is 14.3 Å². The average molecular weight is 506 g/mol. The van der Waals surface area contributed by atoms with Crippen molar-refractivity contribution in [2.24, 2.45) is 0 Å². The Morgan fingerprint density at radius 3 is 2.75 bits per heavy atom. The number of ether oxygens (including phenoxy) is 2. The molecule has 8 nitrogen and oxygen atoms in total. The summed E-state index contributed by atoms with van der Waals surface area (Å²) in [4.78, 5) is 14.3. The summed E-state index contributed by atoms with van der Waals surface area (Å²) >= 11 is 6.49. The fourth-order valence-corrected chi connectivity index (χ4v) is 5.26. The molecule has 1 fully saturated rings. The van der Waals surface area contributed by atoms with Crippen LogP contribution in [0.4, 0.5) is 10.5 Å². The highest BCUT2D eigenvalue weighted by Crippen LogP contribution is 2.46.